The van der Waals surface area contributed by atoms with Crippen molar-refractivity contribution in [3.8, 4) is 0 Å². The first-order chi connectivity index (χ1) is 49.7. The van der Waals surface area contributed by atoms with E-state index in [1.807, 2.05) is 12.2 Å². The number of phosphoric ester groups is 2. The molecule has 0 fully saturated rings. The normalized spacial score (nSPS) is 14.4. The highest BCUT2D eigenvalue weighted by Crippen LogP contribution is 2.45. The Morgan fingerprint density at radius 3 is 0.824 bits per heavy atom. The number of carbonyl (C=O) groups is 4. The van der Waals surface area contributed by atoms with E-state index in [1.54, 1.807) is 0 Å². The maximum atomic E-state index is 13.1. The van der Waals surface area contributed by atoms with Crippen LogP contribution >= 0.6 is 15.6 Å². The Balaban J connectivity index is 5.39. The van der Waals surface area contributed by atoms with Gasteiger partial charge >= 0.3 is 39.5 Å². The molecule has 0 aromatic carbocycles. The number of unbranched alkanes of at least 4 members (excludes halogenated alkanes) is 34. The predicted molar refractivity (Wildman–Crippen MR) is 418 cm³/mol. The number of ether oxygens (including phenoxy) is 4. The largest absolute Gasteiger partial charge is 0.472 e. The van der Waals surface area contributed by atoms with Gasteiger partial charge < -0.3 is 33.8 Å². The van der Waals surface area contributed by atoms with Crippen LogP contribution in [0.3, 0.4) is 0 Å². The molecule has 0 heterocycles. The monoisotopic (exact) mass is 1480 g/mol. The molecule has 0 aliphatic heterocycles. The van der Waals surface area contributed by atoms with Gasteiger partial charge in [0.2, 0.25) is 0 Å². The van der Waals surface area contributed by atoms with Crippen LogP contribution in [0.2, 0.25) is 0 Å². The number of aliphatic hydroxyl groups is 1. The van der Waals surface area contributed by atoms with Crippen molar-refractivity contribution in [2.24, 2.45) is 0 Å². The molecule has 0 bridgehead atoms. The molecule has 17 nitrogen and oxygen atoms in total. The number of rotatable bonds is 76. The average Bonchev–Trinajstić information content (AvgIpc) is 0.923. The summed E-state index contributed by atoms with van der Waals surface area (Å²) < 4.78 is 68.6. The minimum absolute atomic E-state index is 0.0632. The van der Waals surface area contributed by atoms with E-state index in [2.05, 4.69) is 113 Å². The molecule has 102 heavy (non-hydrogen) atoms. The van der Waals surface area contributed by atoms with Crippen LogP contribution in [0.5, 0.6) is 0 Å². The van der Waals surface area contributed by atoms with E-state index in [9.17, 15) is 43.2 Å². The summed E-state index contributed by atoms with van der Waals surface area (Å²) in [6.07, 6.45) is 79.6. The number of allylic oxidation sites excluding steroid dienone is 16. The Kier molecular flexibility index (Phi) is 72.3. The van der Waals surface area contributed by atoms with Gasteiger partial charge in [-0.3, -0.25) is 37.3 Å². The lowest BCUT2D eigenvalue weighted by atomic mass is 10.0. The van der Waals surface area contributed by atoms with Crippen LogP contribution in [0.15, 0.2) is 97.2 Å². The van der Waals surface area contributed by atoms with Crippen molar-refractivity contribution in [2.75, 3.05) is 39.6 Å². The summed E-state index contributed by atoms with van der Waals surface area (Å²) in [7, 11) is -9.97. The molecule has 0 saturated heterocycles. The molecule has 0 aromatic heterocycles. The molecule has 5 atom stereocenters. The van der Waals surface area contributed by atoms with E-state index >= 15 is 0 Å². The molecule has 5 unspecified atom stereocenters. The fourth-order valence-corrected chi connectivity index (χ4v) is 12.6. The minimum Gasteiger partial charge on any atom is -0.462 e. The van der Waals surface area contributed by atoms with Crippen molar-refractivity contribution in [2.45, 2.75) is 367 Å². The van der Waals surface area contributed by atoms with Crippen LogP contribution in [0, 0.1) is 0 Å². The van der Waals surface area contributed by atoms with Crippen LogP contribution in [0.25, 0.3) is 0 Å². The molecule has 0 aliphatic rings. The third-order valence-electron chi connectivity index (χ3n) is 17.1. The molecule has 0 radical (unpaired) electrons. The minimum atomic E-state index is -4.99. The van der Waals surface area contributed by atoms with Gasteiger partial charge in [0, 0.05) is 25.7 Å². The molecule has 0 aliphatic carbocycles. The third-order valence-corrected chi connectivity index (χ3v) is 19.0. The highest BCUT2D eigenvalue weighted by Gasteiger charge is 2.30. The van der Waals surface area contributed by atoms with E-state index in [1.165, 1.54) is 135 Å². The Hall–Kier alpha value is -4.02. The van der Waals surface area contributed by atoms with E-state index in [0.29, 0.717) is 32.1 Å². The highest BCUT2D eigenvalue weighted by molar-refractivity contribution is 7.47. The summed E-state index contributed by atoms with van der Waals surface area (Å²) in [6, 6.07) is 0. The quantitative estimate of drug-likeness (QED) is 0.0169. The van der Waals surface area contributed by atoms with Gasteiger partial charge in [0.15, 0.2) is 12.2 Å². The number of hydrogen-bond acceptors (Lipinski definition) is 15. The summed E-state index contributed by atoms with van der Waals surface area (Å²) in [4.78, 5) is 73.0. The van der Waals surface area contributed by atoms with Gasteiger partial charge in [-0.15, -0.1) is 0 Å². The fraction of sp³-hybridized carbons (Fsp3) is 0.759. The molecular weight excluding hydrogens is 1330 g/mol. The lowest BCUT2D eigenvalue weighted by Crippen LogP contribution is -2.30. The lowest BCUT2D eigenvalue weighted by Gasteiger charge is -2.21. The summed E-state index contributed by atoms with van der Waals surface area (Å²) in [5.41, 5.74) is 0. The van der Waals surface area contributed by atoms with Crippen LogP contribution in [0.4, 0.5) is 0 Å². The van der Waals surface area contributed by atoms with Crippen molar-refractivity contribution in [1.82, 2.24) is 0 Å². The lowest BCUT2D eigenvalue weighted by molar-refractivity contribution is -0.161. The standard InChI is InChI=1S/C83H146O17P2/c1-5-9-13-17-21-25-29-33-37-38-42-44-48-52-56-60-64-68-81(86)94-74-79(100-83(88)70-66-62-58-54-50-46-41-36-32-28-24-20-16-12-8-4)76-98-102(91,92)96-72-77(84)71-95-101(89,90)97-75-78(99-82(87)69-65-61-57-53-49-45-40-35-31-27-23-19-15-11-7-3)73-93-80(85)67-63-59-55-51-47-43-39-34-30-26-22-18-14-10-6-2/h9,12-13,16,21,24-25,28,33,36-37,41-42,44,52,56,77-79,84H,5-8,10-11,14-15,17-20,22-23,26-27,29-32,34-35,38-40,43,45-51,53-55,57-76H2,1-4H3,(H,89,90)(H,91,92)/b13-9-,16-12-,25-21-,28-24-,37-33-,41-36-,44-42-,56-52-. The number of esters is 4. The van der Waals surface area contributed by atoms with Gasteiger partial charge in [-0.1, -0.05) is 324 Å². The molecule has 590 valence electrons. The number of phosphoric acid groups is 2. The number of carbonyl (C=O) groups excluding carboxylic acids is 4. The summed E-state index contributed by atoms with van der Waals surface area (Å²) in [5, 5.41) is 10.6. The van der Waals surface area contributed by atoms with E-state index in [-0.39, 0.29) is 25.7 Å². The SMILES string of the molecule is CC/C=C\C/C=C\C/C=C\C/C=C\C/C=C\CCCC(=O)OCC(COP(=O)(O)OCC(O)COP(=O)(O)OCC(COC(=O)CCCCCCCCCCCCCCCCC)OC(=O)CCCCCCCCCCCCCCCCC)OC(=O)CCCCCCC/C=C\C/C=C\C/C=C\CC. The predicted octanol–water partition coefficient (Wildman–Crippen LogP) is 23.6. The van der Waals surface area contributed by atoms with Gasteiger partial charge in [0.1, 0.15) is 19.3 Å². The van der Waals surface area contributed by atoms with Gasteiger partial charge in [0.25, 0.3) is 0 Å². The Bertz CT molecular complexity index is 2310. The maximum absolute atomic E-state index is 13.1. The highest BCUT2D eigenvalue weighted by atomic mass is 31.2. The van der Waals surface area contributed by atoms with Crippen LogP contribution in [0.1, 0.15) is 349 Å². The fourth-order valence-electron chi connectivity index (χ4n) is 11.0. The second kappa shape index (κ2) is 75.2. The van der Waals surface area contributed by atoms with Crippen molar-refractivity contribution in [3.05, 3.63) is 97.2 Å². The average molecular weight is 1480 g/mol. The first-order valence-electron chi connectivity index (χ1n) is 40.5. The van der Waals surface area contributed by atoms with Crippen molar-refractivity contribution >= 4 is 39.5 Å². The Morgan fingerprint density at radius 2 is 0.520 bits per heavy atom. The van der Waals surface area contributed by atoms with Gasteiger partial charge in [-0.2, -0.15) is 0 Å². The summed E-state index contributed by atoms with van der Waals surface area (Å²) >= 11 is 0. The van der Waals surface area contributed by atoms with E-state index in [0.717, 1.165) is 128 Å². The van der Waals surface area contributed by atoms with Crippen LogP contribution < -0.4 is 0 Å². The van der Waals surface area contributed by atoms with Gasteiger partial charge in [-0.25, -0.2) is 9.13 Å². The summed E-state index contributed by atoms with van der Waals surface area (Å²) in [5.74, 6) is -2.24. The third kappa shape index (κ3) is 74.3. The number of aliphatic hydroxyl groups excluding tert-OH is 1. The summed E-state index contributed by atoms with van der Waals surface area (Å²) in [6.45, 7) is 4.63. The zero-order valence-corrected chi connectivity index (χ0v) is 66.3. The van der Waals surface area contributed by atoms with E-state index in [4.69, 9.17) is 37.0 Å². The Morgan fingerprint density at radius 1 is 0.284 bits per heavy atom. The maximum Gasteiger partial charge on any atom is 0.472 e. The molecule has 0 rings (SSSR count). The second-order valence-corrected chi connectivity index (χ2v) is 29.9. The molecule has 0 amide bonds. The molecule has 0 spiro atoms. The van der Waals surface area contributed by atoms with Crippen LogP contribution in [-0.4, -0.2) is 96.7 Å². The van der Waals surface area contributed by atoms with E-state index < -0.39 is 97.5 Å². The van der Waals surface area contributed by atoms with Crippen molar-refractivity contribution < 1.29 is 80.2 Å². The van der Waals surface area contributed by atoms with Gasteiger partial charge in [0.05, 0.1) is 26.4 Å². The first kappa shape index (κ1) is 98.0. The van der Waals surface area contributed by atoms with Crippen molar-refractivity contribution in [3.63, 3.8) is 0 Å². The molecular formula is C83H146O17P2. The second-order valence-electron chi connectivity index (χ2n) is 27.0. The topological polar surface area (TPSA) is 237 Å². The molecule has 3 N–H and O–H groups in total. The molecule has 19 heteroatoms. The Labute approximate surface area is 620 Å². The first-order valence-corrected chi connectivity index (χ1v) is 43.5. The van der Waals surface area contributed by atoms with Gasteiger partial charge in [-0.05, 0) is 96.3 Å². The smallest absolute Gasteiger partial charge is 0.462 e. The molecule has 0 saturated carbocycles. The van der Waals surface area contributed by atoms with Crippen LogP contribution in [-0.2, 0) is 65.4 Å². The number of hydrogen-bond donors (Lipinski definition) is 3. The molecule has 0 aromatic rings. The zero-order valence-electron chi connectivity index (χ0n) is 64.5. The zero-order chi connectivity index (χ0) is 74.6. The van der Waals surface area contributed by atoms with Crippen molar-refractivity contribution in [1.29, 1.82) is 0 Å².